The molecule has 0 radical (unpaired) electrons. The van der Waals surface area contributed by atoms with E-state index in [-0.39, 0.29) is 18.7 Å². The highest BCUT2D eigenvalue weighted by Gasteiger charge is 2.41. The van der Waals surface area contributed by atoms with Crippen LogP contribution in [0.1, 0.15) is 30.9 Å². The zero-order chi connectivity index (χ0) is 15.4. The fourth-order valence-corrected chi connectivity index (χ4v) is 2.84. The molecule has 110 valence electrons. The molecule has 1 heterocycles. The van der Waals surface area contributed by atoms with Crippen molar-refractivity contribution >= 4 is 23.5 Å². The zero-order valence-corrected chi connectivity index (χ0v) is 12.3. The summed E-state index contributed by atoms with van der Waals surface area (Å²) in [5.74, 6) is -0.601. The van der Waals surface area contributed by atoms with Gasteiger partial charge in [0.1, 0.15) is 6.04 Å². The van der Waals surface area contributed by atoms with Crippen LogP contribution in [0, 0.1) is 11.3 Å². The quantitative estimate of drug-likeness (QED) is 0.801. The topological polar surface area (TPSA) is 70.4 Å². The molecule has 2 atom stereocenters. The van der Waals surface area contributed by atoms with E-state index in [2.05, 4.69) is 6.07 Å². The minimum absolute atomic E-state index is 0.0968. The second-order valence-corrected chi connectivity index (χ2v) is 5.25. The van der Waals surface area contributed by atoms with Crippen LogP contribution in [-0.4, -0.2) is 29.9 Å². The van der Waals surface area contributed by atoms with Gasteiger partial charge in [0.25, 0.3) is 0 Å². The van der Waals surface area contributed by atoms with Gasteiger partial charge in [-0.25, -0.2) is 4.79 Å². The first-order chi connectivity index (χ1) is 10.1. The smallest absolute Gasteiger partial charge is 0.328 e. The molecule has 0 spiro atoms. The third-order valence-corrected chi connectivity index (χ3v) is 3.82. The number of carbonyl (C=O) groups is 2. The van der Waals surface area contributed by atoms with Crippen LogP contribution in [-0.2, 0) is 14.3 Å². The number of nitrogens with zero attached hydrogens (tertiary/aromatic N) is 2. The van der Waals surface area contributed by atoms with Crippen molar-refractivity contribution in [3.05, 3.63) is 34.9 Å². The van der Waals surface area contributed by atoms with Crippen molar-refractivity contribution in [2.45, 2.75) is 31.3 Å². The number of hydrogen-bond acceptors (Lipinski definition) is 4. The van der Waals surface area contributed by atoms with Gasteiger partial charge in [-0.15, -0.1) is 0 Å². The van der Waals surface area contributed by atoms with Crippen LogP contribution in [0.4, 0.5) is 0 Å². The Morgan fingerprint density at radius 2 is 2.38 bits per heavy atom. The van der Waals surface area contributed by atoms with Crippen molar-refractivity contribution in [3.8, 4) is 6.07 Å². The van der Waals surface area contributed by atoms with E-state index in [1.807, 2.05) is 0 Å². The minimum Gasteiger partial charge on any atom is -0.467 e. The summed E-state index contributed by atoms with van der Waals surface area (Å²) >= 11 is 5.98. The van der Waals surface area contributed by atoms with E-state index in [0.29, 0.717) is 11.4 Å². The molecule has 2 unspecified atom stereocenters. The highest BCUT2D eigenvalue weighted by Crippen LogP contribution is 2.34. The Kier molecular flexibility index (Phi) is 4.81. The Balaban J connectivity index is 2.38. The molecule has 0 aliphatic carbocycles. The van der Waals surface area contributed by atoms with E-state index < -0.39 is 18.1 Å². The third kappa shape index (κ3) is 3.17. The van der Waals surface area contributed by atoms with Gasteiger partial charge in [-0.05, 0) is 24.1 Å². The maximum atomic E-state index is 12.2. The molecule has 1 aromatic rings. The third-order valence-electron chi connectivity index (χ3n) is 3.58. The molecule has 1 aliphatic heterocycles. The molecule has 6 heteroatoms. The van der Waals surface area contributed by atoms with Gasteiger partial charge in [0.15, 0.2) is 0 Å². The maximum absolute atomic E-state index is 12.2. The van der Waals surface area contributed by atoms with Crippen molar-refractivity contribution in [2.24, 2.45) is 0 Å². The Labute approximate surface area is 128 Å². The summed E-state index contributed by atoms with van der Waals surface area (Å²) in [4.78, 5) is 25.5. The number of esters is 1. The number of methoxy groups -OCH3 is 1. The second-order valence-electron chi connectivity index (χ2n) is 4.81. The lowest BCUT2D eigenvalue weighted by molar-refractivity contribution is -0.150. The molecular formula is C15H15ClN2O3. The first-order valence-electron chi connectivity index (χ1n) is 6.60. The van der Waals surface area contributed by atoms with Crippen LogP contribution in [0.5, 0.6) is 0 Å². The van der Waals surface area contributed by atoms with E-state index in [4.69, 9.17) is 21.6 Å². The molecule has 0 N–H and O–H groups in total. The first kappa shape index (κ1) is 15.3. The molecule has 2 rings (SSSR count). The maximum Gasteiger partial charge on any atom is 0.328 e. The molecule has 1 saturated heterocycles. The summed E-state index contributed by atoms with van der Waals surface area (Å²) in [6.07, 6.45) is 0.788. The van der Waals surface area contributed by atoms with Crippen LogP contribution in [0.15, 0.2) is 24.3 Å². The summed E-state index contributed by atoms with van der Waals surface area (Å²) < 4.78 is 4.76. The number of nitriles is 1. The van der Waals surface area contributed by atoms with Gasteiger partial charge in [0, 0.05) is 11.4 Å². The fraction of sp³-hybridized carbons (Fsp3) is 0.400. The molecular weight excluding hydrogens is 292 g/mol. The SMILES string of the molecule is COC(=O)C1CCC(=O)N1C(CC#N)c1cccc(Cl)c1. The average Bonchev–Trinajstić information content (AvgIpc) is 2.85. The van der Waals surface area contributed by atoms with Crippen molar-refractivity contribution in [1.82, 2.24) is 4.90 Å². The highest BCUT2D eigenvalue weighted by atomic mass is 35.5. The minimum atomic E-state index is -0.639. The molecule has 5 nitrogen and oxygen atoms in total. The van der Waals surface area contributed by atoms with Gasteiger partial charge >= 0.3 is 5.97 Å². The second kappa shape index (κ2) is 6.59. The molecule has 0 bridgehead atoms. The monoisotopic (exact) mass is 306 g/mol. The number of benzene rings is 1. The number of rotatable bonds is 4. The number of ether oxygens (including phenoxy) is 1. The van der Waals surface area contributed by atoms with E-state index in [0.717, 1.165) is 5.56 Å². The van der Waals surface area contributed by atoms with Gasteiger partial charge < -0.3 is 9.64 Å². The average molecular weight is 307 g/mol. The Morgan fingerprint density at radius 3 is 3.00 bits per heavy atom. The molecule has 1 aliphatic rings. The summed E-state index contributed by atoms with van der Waals surface area (Å²) in [5.41, 5.74) is 0.744. The van der Waals surface area contributed by atoms with Gasteiger partial charge in [0.2, 0.25) is 5.91 Å². The molecule has 0 aromatic heterocycles. The van der Waals surface area contributed by atoms with Crippen LogP contribution >= 0.6 is 11.6 Å². The lowest BCUT2D eigenvalue weighted by atomic mass is 10.0. The first-order valence-corrected chi connectivity index (χ1v) is 6.97. The van der Waals surface area contributed by atoms with E-state index in [9.17, 15) is 9.59 Å². The van der Waals surface area contributed by atoms with Crippen LogP contribution < -0.4 is 0 Å². The van der Waals surface area contributed by atoms with E-state index in [1.54, 1.807) is 24.3 Å². The Morgan fingerprint density at radius 1 is 1.62 bits per heavy atom. The summed E-state index contributed by atoms with van der Waals surface area (Å²) in [6, 6.07) is 7.93. The van der Waals surface area contributed by atoms with Gasteiger partial charge in [-0.2, -0.15) is 5.26 Å². The van der Waals surface area contributed by atoms with Crippen molar-refractivity contribution in [2.75, 3.05) is 7.11 Å². The normalized spacial score (nSPS) is 19.2. The van der Waals surface area contributed by atoms with Crippen LogP contribution in [0.25, 0.3) is 0 Å². The zero-order valence-electron chi connectivity index (χ0n) is 11.6. The summed E-state index contributed by atoms with van der Waals surface area (Å²) in [5, 5.41) is 9.58. The summed E-state index contributed by atoms with van der Waals surface area (Å²) in [6.45, 7) is 0. The Hall–Kier alpha value is -2.06. The molecule has 0 saturated carbocycles. The van der Waals surface area contributed by atoms with Gasteiger partial charge in [-0.1, -0.05) is 23.7 Å². The van der Waals surface area contributed by atoms with Crippen molar-refractivity contribution in [1.29, 1.82) is 5.26 Å². The number of amides is 1. The van der Waals surface area contributed by atoms with Crippen LogP contribution in [0.3, 0.4) is 0 Å². The molecule has 21 heavy (non-hydrogen) atoms. The number of carbonyl (C=O) groups excluding carboxylic acids is 2. The number of likely N-dealkylation sites (tertiary alicyclic amines) is 1. The predicted octanol–water partition coefficient (Wildman–Crippen LogP) is 2.46. The summed E-state index contributed by atoms with van der Waals surface area (Å²) in [7, 11) is 1.29. The van der Waals surface area contributed by atoms with Crippen molar-refractivity contribution < 1.29 is 14.3 Å². The lowest BCUT2D eigenvalue weighted by Crippen LogP contribution is -2.41. The predicted molar refractivity (Wildman–Crippen MR) is 76.3 cm³/mol. The standard InChI is InChI=1S/C15H15ClN2O3/c1-21-15(20)13-5-6-14(19)18(13)12(7-8-17)10-3-2-4-11(16)9-10/h2-4,9,12-13H,5-7H2,1H3. The number of hydrogen-bond donors (Lipinski definition) is 0. The molecule has 1 fully saturated rings. The Bertz CT molecular complexity index is 597. The van der Waals surface area contributed by atoms with Gasteiger partial charge in [0.05, 0.1) is 25.6 Å². The lowest BCUT2D eigenvalue weighted by Gasteiger charge is -2.31. The number of halogens is 1. The largest absolute Gasteiger partial charge is 0.467 e. The van der Waals surface area contributed by atoms with Crippen LogP contribution in [0.2, 0.25) is 5.02 Å². The van der Waals surface area contributed by atoms with E-state index in [1.165, 1.54) is 12.0 Å². The van der Waals surface area contributed by atoms with Gasteiger partial charge in [-0.3, -0.25) is 4.79 Å². The highest BCUT2D eigenvalue weighted by molar-refractivity contribution is 6.30. The molecule has 1 aromatic carbocycles. The van der Waals surface area contributed by atoms with Crippen molar-refractivity contribution in [3.63, 3.8) is 0 Å². The van der Waals surface area contributed by atoms with E-state index >= 15 is 0 Å². The fourth-order valence-electron chi connectivity index (χ4n) is 2.64. The molecule has 1 amide bonds.